The van der Waals surface area contributed by atoms with Gasteiger partial charge in [-0.3, -0.25) is 9.97 Å². The van der Waals surface area contributed by atoms with Crippen LogP contribution in [0.3, 0.4) is 0 Å². The van der Waals surface area contributed by atoms with Crippen molar-refractivity contribution in [1.82, 2.24) is 46.3 Å². The first-order chi connectivity index (χ1) is 35.3. The maximum absolute atomic E-state index is 12.6. The fourth-order valence-electron chi connectivity index (χ4n) is 11.1. The Balaban J connectivity index is 0.000000144. The van der Waals surface area contributed by atoms with E-state index in [2.05, 4.69) is 102 Å². The predicted octanol–water partition coefficient (Wildman–Crippen LogP) is 8.50. The Labute approximate surface area is 427 Å². The SMILES string of the molecule is C1NCC2C1C1CNCC21.FC(F)(F)c1ccc(COc2ccc(NCc3ccc(Br)cc3)nn2)cn1.FC(F)(F)c1ccc(COc2ccc(NCc3ccc(N4C[C@@H]5[C@H]6CNC[C@H]6[C@@H]5C4)cc3)nn2)cn1. The number of alkyl halides is 6. The topological polar surface area (TPSA) is 159 Å². The molecule has 6 aliphatic rings. The Hall–Kier alpha value is -6.16. The number of benzene rings is 2. The first kappa shape index (κ1) is 50.4. The molecule has 12 rings (SSSR count). The van der Waals surface area contributed by atoms with Crippen LogP contribution in [0.25, 0.3) is 0 Å². The van der Waals surface area contributed by atoms with Crippen LogP contribution in [-0.4, -0.2) is 82.7 Å². The number of nitrogens with one attached hydrogen (secondary N) is 5. The molecule has 0 amide bonds. The monoisotopic (exact) mass is 1070 g/mol. The molecule has 2 saturated carbocycles. The molecule has 4 aliphatic heterocycles. The van der Waals surface area contributed by atoms with Crippen LogP contribution < -0.4 is 41.0 Å². The lowest BCUT2D eigenvalue weighted by Crippen LogP contribution is -2.44. The van der Waals surface area contributed by atoms with E-state index in [0.29, 0.717) is 35.9 Å². The van der Waals surface area contributed by atoms with Crippen molar-refractivity contribution in [2.45, 2.75) is 38.7 Å². The van der Waals surface area contributed by atoms with Crippen LogP contribution in [0.15, 0.2) is 114 Å². The molecular formula is C52H55BrF6N12O2. The Morgan fingerprint density at radius 2 is 0.863 bits per heavy atom. The van der Waals surface area contributed by atoms with Crippen molar-refractivity contribution in [3.8, 4) is 11.8 Å². The molecule has 384 valence electrons. The summed E-state index contributed by atoms with van der Waals surface area (Å²) in [4.78, 5) is 9.34. The predicted molar refractivity (Wildman–Crippen MR) is 265 cm³/mol. The number of anilines is 3. The molecule has 21 heteroatoms. The maximum Gasteiger partial charge on any atom is 0.433 e. The molecule has 2 aliphatic carbocycles. The second kappa shape index (κ2) is 22.1. The quantitative estimate of drug-likeness (QED) is 0.0701. The van der Waals surface area contributed by atoms with E-state index in [1.54, 1.807) is 24.3 Å². The highest BCUT2D eigenvalue weighted by molar-refractivity contribution is 9.10. The molecular weight excluding hydrogens is 1020 g/mol. The summed E-state index contributed by atoms with van der Waals surface area (Å²) >= 11 is 3.38. The molecule has 0 radical (unpaired) electrons. The lowest BCUT2D eigenvalue weighted by molar-refractivity contribution is -0.142. The van der Waals surface area contributed by atoms with E-state index in [1.807, 2.05) is 24.3 Å². The minimum absolute atomic E-state index is 0.0471. The largest absolute Gasteiger partial charge is 0.472 e. The van der Waals surface area contributed by atoms with Crippen molar-refractivity contribution in [3.63, 3.8) is 0 Å². The molecule has 4 atom stereocenters. The van der Waals surface area contributed by atoms with Gasteiger partial charge in [0.25, 0.3) is 0 Å². The van der Waals surface area contributed by atoms with Crippen molar-refractivity contribution in [2.24, 2.45) is 47.3 Å². The van der Waals surface area contributed by atoms with Gasteiger partial charge in [0.15, 0.2) is 0 Å². The second-order valence-electron chi connectivity index (χ2n) is 19.4. The van der Waals surface area contributed by atoms with Crippen molar-refractivity contribution in [1.29, 1.82) is 0 Å². The van der Waals surface area contributed by atoms with Crippen LogP contribution in [0.2, 0.25) is 0 Å². The Morgan fingerprint density at radius 3 is 1.22 bits per heavy atom. The number of nitrogens with zero attached hydrogens (tertiary/aromatic N) is 7. The van der Waals surface area contributed by atoms with Gasteiger partial charge in [0, 0.05) is 72.0 Å². The van der Waals surface area contributed by atoms with Crippen molar-refractivity contribution in [2.75, 3.05) is 67.9 Å². The van der Waals surface area contributed by atoms with Crippen LogP contribution in [-0.2, 0) is 38.7 Å². The standard InChI is InChI=1S/C26H27F3N6O.C18H14BrF3N4O.C8H14N2/c27-26(28,29)23-6-3-17(10-31-23)15-36-25-8-7-24(33-34-25)32-9-16-1-4-18(5-2-16)35-13-21-19-11-30-12-20(19)22(21)14-35;19-14-4-1-12(2-5-14)9-24-16-7-8-17(26-25-16)27-11-13-3-6-15(23-10-13)18(20,21)22;1-5-6(2-9-1)8-4-10-3-7(5)8/h1-8,10,19-22,30H,9,11-15H2,(H,32,33);1-8,10H,9,11H2,(H,24,25);5-10H,1-4H2/t19-,20+,21+,22-;;. The van der Waals surface area contributed by atoms with E-state index in [1.165, 1.54) is 70.2 Å². The number of fused-ring (bicyclic) bond motifs is 8. The van der Waals surface area contributed by atoms with E-state index >= 15 is 0 Å². The van der Waals surface area contributed by atoms with Gasteiger partial charge < -0.3 is 41.0 Å². The molecule has 4 saturated heterocycles. The smallest absolute Gasteiger partial charge is 0.433 e. The highest BCUT2D eigenvalue weighted by Crippen LogP contribution is 2.53. The summed E-state index contributed by atoms with van der Waals surface area (Å²) in [7, 11) is 0. The molecule has 0 unspecified atom stereocenters. The van der Waals surface area contributed by atoms with Gasteiger partial charge >= 0.3 is 12.4 Å². The third-order valence-corrected chi connectivity index (χ3v) is 15.5. The van der Waals surface area contributed by atoms with Gasteiger partial charge in [-0.2, -0.15) is 26.3 Å². The van der Waals surface area contributed by atoms with Gasteiger partial charge in [-0.25, -0.2) is 0 Å². The fourth-order valence-corrected chi connectivity index (χ4v) is 11.4. The summed E-state index contributed by atoms with van der Waals surface area (Å²) in [6.07, 6.45) is -6.64. The lowest BCUT2D eigenvalue weighted by Gasteiger charge is -2.43. The third-order valence-electron chi connectivity index (χ3n) is 15.0. The van der Waals surface area contributed by atoms with E-state index in [-0.39, 0.29) is 25.0 Å². The summed E-state index contributed by atoms with van der Waals surface area (Å²) < 4.78 is 87.2. The first-order valence-corrected chi connectivity index (χ1v) is 25.3. The molecule has 14 nitrogen and oxygen atoms in total. The van der Waals surface area contributed by atoms with Crippen molar-refractivity contribution < 1.29 is 35.8 Å². The molecule has 0 bridgehead atoms. The molecule has 73 heavy (non-hydrogen) atoms. The van der Waals surface area contributed by atoms with Crippen LogP contribution in [0.5, 0.6) is 11.8 Å². The van der Waals surface area contributed by atoms with E-state index < -0.39 is 23.7 Å². The second-order valence-corrected chi connectivity index (χ2v) is 20.3. The van der Waals surface area contributed by atoms with Crippen LogP contribution >= 0.6 is 15.9 Å². The summed E-state index contributed by atoms with van der Waals surface area (Å²) in [5.74, 6) is 9.37. The summed E-state index contributed by atoms with van der Waals surface area (Å²) in [5, 5.41) is 33.0. The van der Waals surface area contributed by atoms with E-state index in [4.69, 9.17) is 9.47 Å². The number of rotatable bonds is 13. The summed E-state index contributed by atoms with van der Waals surface area (Å²) in [6.45, 7) is 11.2. The van der Waals surface area contributed by atoms with Crippen molar-refractivity contribution in [3.05, 3.63) is 148 Å². The Morgan fingerprint density at radius 1 is 0.479 bits per heavy atom. The summed E-state index contributed by atoms with van der Waals surface area (Å²) in [6, 6.07) is 27.9. The maximum atomic E-state index is 12.6. The van der Waals surface area contributed by atoms with Gasteiger partial charge in [0.1, 0.15) is 36.2 Å². The molecule has 8 heterocycles. The number of aromatic nitrogens is 6. The zero-order valence-corrected chi connectivity index (χ0v) is 41.2. The number of ether oxygens (including phenoxy) is 2. The molecule has 0 spiro atoms. The zero-order chi connectivity index (χ0) is 50.5. The molecule has 2 aromatic carbocycles. The highest BCUT2D eigenvalue weighted by Gasteiger charge is 2.56. The zero-order valence-electron chi connectivity index (χ0n) is 39.6. The fraction of sp³-hybridized carbons (Fsp3) is 0.423. The van der Waals surface area contributed by atoms with Gasteiger partial charge in [-0.05, 0) is 146 Å². The van der Waals surface area contributed by atoms with Crippen LogP contribution in [0.1, 0.15) is 33.6 Å². The number of hydrogen-bond donors (Lipinski definition) is 5. The number of hydrogen-bond acceptors (Lipinski definition) is 14. The molecule has 6 aromatic rings. The average Bonchev–Trinajstić information content (AvgIpc) is 4.21. The highest BCUT2D eigenvalue weighted by atomic mass is 79.9. The van der Waals surface area contributed by atoms with Gasteiger partial charge in [0.2, 0.25) is 11.8 Å². The summed E-state index contributed by atoms with van der Waals surface area (Å²) in [5.41, 5.74) is 2.68. The Bertz CT molecular complexity index is 2670. The normalized spacial score (nSPS) is 24.2. The minimum atomic E-state index is -4.46. The number of halogens is 7. The van der Waals surface area contributed by atoms with Crippen LogP contribution in [0.4, 0.5) is 43.7 Å². The van der Waals surface area contributed by atoms with Gasteiger partial charge in [-0.15, -0.1) is 20.4 Å². The average molecular weight is 1070 g/mol. The van der Waals surface area contributed by atoms with E-state index in [0.717, 1.165) is 87.5 Å². The number of pyridine rings is 2. The molecule has 4 aromatic heterocycles. The van der Waals surface area contributed by atoms with Crippen molar-refractivity contribution >= 4 is 33.3 Å². The van der Waals surface area contributed by atoms with Gasteiger partial charge in [0.05, 0.1) is 0 Å². The Kier molecular flexibility index (Phi) is 15.3. The minimum Gasteiger partial charge on any atom is -0.472 e. The van der Waals surface area contributed by atoms with Crippen LogP contribution in [0, 0.1) is 47.3 Å². The molecule has 5 N–H and O–H groups in total. The lowest BCUT2D eigenvalue weighted by atomic mass is 9.60. The first-order valence-electron chi connectivity index (χ1n) is 24.5. The van der Waals surface area contributed by atoms with Gasteiger partial charge in [-0.1, -0.05) is 52.3 Å². The third kappa shape index (κ3) is 12.3. The van der Waals surface area contributed by atoms with E-state index in [9.17, 15) is 26.3 Å². The molecule has 6 fully saturated rings.